The van der Waals surface area contributed by atoms with Crippen LogP contribution in [0.2, 0.25) is 0 Å². The molecule has 35 heavy (non-hydrogen) atoms. The van der Waals surface area contributed by atoms with Crippen molar-refractivity contribution in [3.05, 3.63) is 36.0 Å². The van der Waals surface area contributed by atoms with Gasteiger partial charge in [0.2, 0.25) is 17.7 Å². The zero-order valence-electron chi connectivity index (χ0n) is 19.5. The van der Waals surface area contributed by atoms with E-state index in [4.69, 9.17) is 10.8 Å². The van der Waals surface area contributed by atoms with Crippen LogP contribution in [-0.2, 0) is 30.4 Å². The second-order valence-corrected chi connectivity index (χ2v) is 8.50. The van der Waals surface area contributed by atoms with Crippen LogP contribution in [0.5, 0.6) is 0 Å². The van der Waals surface area contributed by atoms with E-state index in [-0.39, 0.29) is 18.8 Å². The molecule has 0 radical (unpaired) electrons. The third-order valence-electron chi connectivity index (χ3n) is 5.46. The van der Waals surface area contributed by atoms with E-state index in [0.717, 1.165) is 10.9 Å². The minimum absolute atomic E-state index is 0.0201. The summed E-state index contributed by atoms with van der Waals surface area (Å²) in [4.78, 5) is 63.0. The first-order valence-electron chi connectivity index (χ1n) is 11.1. The number of aromatic amines is 1. The first kappa shape index (κ1) is 27.3. The van der Waals surface area contributed by atoms with Crippen LogP contribution in [0.1, 0.15) is 32.3 Å². The third-order valence-corrected chi connectivity index (χ3v) is 5.46. The van der Waals surface area contributed by atoms with Gasteiger partial charge < -0.3 is 36.9 Å². The fraction of sp³-hybridized carbons (Fsp3) is 0.435. The smallest absolute Gasteiger partial charge is 0.326 e. The molecule has 3 unspecified atom stereocenters. The van der Waals surface area contributed by atoms with Crippen LogP contribution in [-0.4, -0.2) is 69.5 Å². The number of carbonyl (C=O) groups excluding carboxylic acids is 3. The van der Waals surface area contributed by atoms with E-state index < -0.39 is 60.8 Å². The summed E-state index contributed by atoms with van der Waals surface area (Å²) >= 11 is 0. The highest BCUT2D eigenvalue weighted by Gasteiger charge is 2.28. The number of carboxylic acids is 2. The van der Waals surface area contributed by atoms with Gasteiger partial charge in [-0.25, -0.2) is 4.79 Å². The maximum absolute atomic E-state index is 13.0. The fourth-order valence-electron chi connectivity index (χ4n) is 3.36. The van der Waals surface area contributed by atoms with Crippen molar-refractivity contribution in [2.24, 2.45) is 11.7 Å². The Bertz CT molecular complexity index is 1080. The molecule has 2 aromatic rings. The highest BCUT2D eigenvalue weighted by molar-refractivity contribution is 5.93. The minimum Gasteiger partial charge on any atom is -0.481 e. The Hall–Kier alpha value is -3.93. The molecule has 190 valence electrons. The summed E-state index contributed by atoms with van der Waals surface area (Å²) in [5.74, 6) is -4.74. The molecule has 12 heteroatoms. The molecule has 0 aliphatic heterocycles. The second kappa shape index (κ2) is 12.5. The summed E-state index contributed by atoms with van der Waals surface area (Å²) in [5, 5.41) is 26.3. The molecule has 1 heterocycles. The number of para-hydroxylation sites is 1. The van der Waals surface area contributed by atoms with Gasteiger partial charge in [-0.3, -0.25) is 19.2 Å². The summed E-state index contributed by atoms with van der Waals surface area (Å²) in [6, 6.07) is 3.86. The van der Waals surface area contributed by atoms with E-state index in [1.165, 1.54) is 0 Å². The van der Waals surface area contributed by atoms with Crippen molar-refractivity contribution in [2.45, 2.75) is 51.2 Å². The molecule has 1 aromatic carbocycles. The van der Waals surface area contributed by atoms with Gasteiger partial charge in [0.1, 0.15) is 12.1 Å². The molecular formula is C23H31N5O7. The van der Waals surface area contributed by atoms with Gasteiger partial charge in [-0.2, -0.15) is 0 Å². The molecule has 1 aromatic heterocycles. The number of rotatable bonds is 13. The maximum atomic E-state index is 13.0. The molecule has 0 aliphatic carbocycles. The van der Waals surface area contributed by atoms with Gasteiger partial charge in [-0.15, -0.1) is 0 Å². The summed E-state index contributed by atoms with van der Waals surface area (Å²) < 4.78 is 0. The number of fused-ring (bicyclic) bond motifs is 1. The molecule has 0 spiro atoms. The summed E-state index contributed by atoms with van der Waals surface area (Å²) in [6.07, 6.45) is 0.915. The van der Waals surface area contributed by atoms with Gasteiger partial charge in [0.15, 0.2) is 0 Å². The van der Waals surface area contributed by atoms with Crippen LogP contribution in [0.15, 0.2) is 30.5 Å². The van der Waals surface area contributed by atoms with Crippen LogP contribution in [0, 0.1) is 5.92 Å². The van der Waals surface area contributed by atoms with Crippen LogP contribution < -0.4 is 21.7 Å². The van der Waals surface area contributed by atoms with Crippen molar-refractivity contribution in [1.82, 2.24) is 20.9 Å². The molecule has 2 rings (SSSR count). The predicted molar refractivity (Wildman–Crippen MR) is 126 cm³/mol. The molecule has 3 amide bonds. The quantitative estimate of drug-likeness (QED) is 0.199. The topological polar surface area (TPSA) is 204 Å². The van der Waals surface area contributed by atoms with Crippen molar-refractivity contribution in [2.75, 3.05) is 6.54 Å². The number of hydrogen-bond donors (Lipinski definition) is 7. The van der Waals surface area contributed by atoms with E-state index in [0.29, 0.717) is 5.56 Å². The van der Waals surface area contributed by atoms with Gasteiger partial charge in [-0.1, -0.05) is 32.0 Å². The highest BCUT2D eigenvalue weighted by atomic mass is 16.4. The van der Waals surface area contributed by atoms with Gasteiger partial charge in [0.25, 0.3) is 0 Å². The van der Waals surface area contributed by atoms with E-state index >= 15 is 0 Å². The van der Waals surface area contributed by atoms with E-state index in [9.17, 15) is 29.1 Å². The van der Waals surface area contributed by atoms with Crippen molar-refractivity contribution in [3.8, 4) is 0 Å². The minimum atomic E-state index is -1.45. The monoisotopic (exact) mass is 489 g/mol. The summed E-state index contributed by atoms with van der Waals surface area (Å²) in [7, 11) is 0. The zero-order valence-corrected chi connectivity index (χ0v) is 19.5. The Labute approximate surface area is 201 Å². The number of carboxylic acid groups (broad SMARTS) is 2. The molecule has 0 saturated heterocycles. The number of hydrogen-bond acceptors (Lipinski definition) is 6. The Morgan fingerprint density at radius 1 is 1.00 bits per heavy atom. The number of carbonyl (C=O) groups is 5. The standard InChI is InChI=1S/C23H31N5O7/c1-12(2)20(24)22(33)26-11-18(29)27-17(9-13-10-25-15-6-4-3-5-14(13)15)21(32)28-16(23(34)35)7-8-19(30)31/h3-6,10,12,16-17,20,25H,7-9,11,24H2,1-2H3,(H,26,33)(H,27,29)(H,28,32)(H,30,31)(H,34,35). The van der Waals surface area contributed by atoms with Crippen LogP contribution in [0.25, 0.3) is 10.9 Å². The number of benzene rings is 1. The Balaban J connectivity index is 2.17. The number of amides is 3. The summed E-state index contributed by atoms with van der Waals surface area (Å²) in [5.41, 5.74) is 7.27. The summed E-state index contributed by atoms with van der Waals surface area (Å²) in [6.45, 7) is 3.09. The lowest BCUT2D eigenvalue weighted by Crippen LogP contribution is -2.54. The van der Waals surface area contributed by atoms with Crippen molar-refractivity contribution >= 4 is 40.6 Å². The lowest BCUT2D eigenvalue weighted by Gasteiger charge is -2.22. The molecule has 0 bridgehead atoms. The lowest BCUT2D eigenvalue weighted by atomic mass is 10.0. The zero-order chi connectivity index (χ0) is 26.1. The van der Waals surface area contributed by atoms with Crippen LogP contribution >= 0.6 is 0 Å². The van der Waals surface area contributed by atoms with Gasteiger partial charge in [0.05, 0.1) is 12.6 Å². The average Bonchev–Trinajstić information content (AvgIpc) is 3.21. The number of nitrogens with one attached hydrogen (secondary N) is 4. The fourth-order valence-corrected chi connectivity index (χ4v) is 3.36. The number of H-pyrrole nitrogens is 1. The first-order valence-corrected chi connectivity index (χ1v) is 11.1. The van der Waals surface area contributed by atoms with E-state index in [1.807, 2.05) is 24.3 Å². The lowest BCUT2D eigenvalue weighted by molar-refractivity contribution is -0.143. The van der Waals surface area contributed by atoms with Crippen molar-refractivity contribution in [3.63, 3.8) is 0 Å². The molecular weight excluding hydrogens is 458 g/mol. The largest absolute Gasteiger partial charge is 0.481 e. The van der Waals surface area contributed by atoms with E-state index in [2.05, 4.69) is 20.9 Å². The van der Waals surface area contributed by atoms with Crippen molar-refractivity contribution in [1.29, 1.82) is 0 Å². The van der Waals surface area contributed by atoms with Gasteiger partial charge in [-0.05, 0) is 24.0 Å². The third kappa shape index (κ3) is 8.10. The van der Waals surface area contributed by atoms with Crippen LogP contribution in [0.4, 0.5) is 0 Å². The number of aromatic nitrogens is 1. The molecule has 12 nitrogen and oxygen atoms in total. The first-order chi connectivity index (χ1) is 16.5. The second-order valence-electron chi connectivity index (χ2n) is 8.50. The SMILES string of the molecule is CC(C)C(N)C(=O)NCC(=O)NC(Cc1c[nH]c2ccccc12)C(=O)NC(CCC(=O)O)C(=O)O. The predicted octanol–water partition coefficient (Wildman–Crippen LogP) is -0.271. The molecule has 3 atom stereocenters. The number of aliphatic carboxylic acids is 2. The average molecular weight is 490 g/mol. The molecule has 8 N–H and O–H groups in total. The Morgan fingerprint density at radius 3 is 2.31 bits per heavy atom. The Morgan fingerprint density at radius 2 is 1.69 bits per heavy atom. The van der Waals surface area contributed by atoms with Crippen LogP contribution in [0.3, 0.4) is 0 Å². The normalized spacial score (nSPS) is 13.6. The van der Waals surface area contributed by atoms with E-state index in [1.54, 1.807) is 20.0 Å². The molecule has 0 saturated carbocycles. The Kier molecular flexibility index (Phi) is 9.76. The highest BCUT2D eigenvalue weighted by Crippen LogP contribution is 2.19. The van der Waals surface area contributed by atoms with Crippen molar-refractivity contribution < 1.29 is 34.2 Å². The van der Waals surface area contributed by atoms with Gasteiger partial charge >= 0.3 is 11.9 Å². The maximum Gasteiger partial charge on any atom is 0.326 e. The molecule has 0 fully saturated rings. The number of nitrogens with two attached hydrogens (primary N) is 1. The molecule has 0 aliphatic rings. The van der Waals surface area contributed by atoms with Gasteiger partial charge in [0, 0.05) is 29.9 Å².